The van der Waals surface area contributed by atoms with Crippen LogP contribution in [0.2, 0.25) is 5.02 Å². The van der Waals surface area contributed by atoms with Crippen molar-refractivity contribution in [2.45, 2.75) is 19.9 Å². The Hall–Kier alpha value is -1.86. The number of methoxy groups -OCH3 is 2. The molecule has 2 rings (SSSR count). The number of benzene rings is 1. The number of rotatable bonds is 6. The molecule has 0 fully saturated rings. The molecule has 21 heavy (non-hydrogen) atoms. The van der Waals surface area contributed by atoms with Crippen molar-refractivity contribution >= 4 is 11.6 Å². The van der Waals surface area contributed by atoms with E-state index in [0.717, 1.165) is 6.54 Å². The summed E-state index contributed by atoms with van der Waals surface area (Å²) in [6.45, 7) is 4.83. The van der Waals surface area contributed by atoms with Crippen molar-refractivity contribution < 1.29 is 9.47 Å². The van der Waals surface area contributed by atoms with Crippen LogP contribution < -0.4 is 14.8 Å². The minimum Gasteiger partial charge on any atom is -0.495 e. The third kappa shape index (κ3) is 3.08. The first kappa shape index (κ1) is 15.5. The number of hydrogen-bond acceptors (Lipinski definition) is 6. The van der Waals surface area contributed by atoms with Crippen molar-refractivity contribution in [1.29, 1.82) is 0 Å². The zero-order valence-electron chi connectivity index (χ0n) is 12.4. The van der Waals surface area contributed by atoms with E-state index in [1.165, 1.54) is 0 Å². The van der Waals surface area contributed by atoms with Crippen molar-refractivity contribution in [3.05, 3.63) is 23.0 Å². The molecule has 1 aromatic carbocycles. The Morgan fingerprint density at radius 2 is 2.00 bits per heavy atom. The molecule has 0 saturated heterocycles. The van der Waals surface area contributed by atoms with Crippen molar-refractivity contribution in [1.82, 2.24) is 25.5 Å². The molecular weight excluding hydrogens is 294 g/mol. The molecule has 114 valence electrons. The molecule has 0 saturated carbocycles. The van der Waals surface area contributed by atoms with Gasteiger partial charge >= 0.3 is 0 Å². The number of ether oxygens (including phenoxy) is 2. The lowest BCUT2D eigenvalue weighted by atomic mass is 10.2. The predicted octanol–water partition coefficient (Wildman–Crippen LogP) is 2.00. The highest BCUT2D eigenvalue weighted by atomic mass is 35.5. The van der Waals surface area contributed by atoms with Gasteiger partial charge in [-0.1, -0.05) is 18.5 Å². The molecule has 0 spiro atoms. The average molecular weight is 312 g/mol. The smallest absolute Gasteiger partial charge is 0.173 e. The van der Waals surface area contributed by atoms with Gasteiger partial charge in [-0.2, -0.15) is 4.68 Å². The van der Waals surface area contributed by atoms with Gasteiger partial charge in [-0.3, -0.25) is 0 Å². The minimum absolute atomic E-state index is 0.00335. The van der Waals surface area contributed by atoms with Crippen LogP contribution in [0.1, 0.15) is 25.7 Å². The van der Waals surface area contributed by atoms with E-state index < -0.39 is 0 Å². The number of tetrazole rings is 1. The molecule has 0 aliphatic rings. The molecule has 1 atom stereocenters. The molecule has 0 bridgehead atoms. The van der Waals surface area contributed by atoms with Crippen LogP contribution in [-0.2, 0) is 0 Å². The van der Waals surface area contributed by atoms with Gasteiger partial charge in [-0.25, -0.2) is 0 Å². The second kappa shape index (κ2) is 6.73. The van der Waals surface area contributed by atoms with Gasteiger partial charge in [0.1, 0.15) is 17.2 Å². The Balaban J connectivity index is 2.54. The fraction of sp³-hybridized carbons (Fsp3) is 0.462. The lowest BCUT2D eigenvalue weighted by molar-refractivity contribution is 0.399. The second-order valence-corrected chi connectivity index (χ2v) is 4.79. The fourth-order valence-electron chi connectivity index (χ4n) is 2.04. The number of nitrogens with one attached hydrogen (secondary N) is 1. The van der Waals surface area contributed by atoms with Crippen molar-refractivity contribution in [2.24, 2.45) is 0 Å². The Morgan fingerprint density at radius 1 is 1.29 bits per heavy atom. The van der Waals surface area contributed by atoms with E-state index in [-0.39, 0.29) is 6.04 Å². The normalized spacial score (nSPS) is 12.2. The SMILES string of the molecule is CCNC(C)c1nnnn1-c1cc(OC)c(Cl)cc1OC. The van der Waals surface area contributed by atoms with Crippen LogP contribution in [0.15, 0.2) is 12.1 Å². The zero-order chi connectivity index (χ0) is 15.4. The molecule has 0 aliphatic carbocycles. The van der Waals surface area contributed by atoms with Gasteiger partial charge in [-0.05, 0) is 23.9 Å². The first-order chi connectivity index (χ1) is 10.1. The maximum Gasteiger partial charge on any atom is 0.173 e. The predicted molar refractivity (Wildman–Crippen MR) is 79.4 cm³/mol. The van der Waals surface area contributed by atoms with E-state index >= 15 is 0 Å². The van der Waals surface area contributed by atoms with E-state index in [1.54, 1.807) is 31.0 Å². The molecule has 0 aliphatic heterocycles. The second-order valence-electron chi connectivity index (χ2n) is 4.39. The first-order valence-corrected chi connectivity index (χ1v) is 6.93. The van der Waals surface area contributed by atoms with Crippen LogP contribution in [0.4, 0.5) is 0 Å². The maximum atomic E-state index is 6.12. The van der Waals surface area contributed by atoms with Gasteiger partial charge in [0.25, 0.3) is 0 Å². The molecule has 1 heterocycles. The van der Waals surface area contributed by atoms with Gasteiger partial charge in [0.2, 0.25) is 0 Å². The van der Waals surface area contributed by atoms with Gasteiger partial charge in [0, 0.05) is 12.1 Å². The van der Waals surface area contributed by atoms with Gasteiger partial charge in [0.15, 0.2) is 5.82 Å². The summed E-state index contributed by atoms with van der Waals surface area (Å²) in [6.07, 6.45) is 0. The Kier molecular flexibility index (Phi) is 4.98. The summed E-state index contributed by atoms with van der Waals surface area (Å²) in [5.74, 6) is 1.78. The standard InChI is InChI=1S/C13H18ClN5O2/c1-5-15-8(2)13-16-17-18-19(13)10-7-11(20-3)9(14)6-12(10)21-4/h6-8,15H,5H2,1-4H3. The molecular formula is C13H18ClN5O2. The molecule has 0 amide bonds. The van der Waals surface area contributed by atoms with Crippen LogP contribution in [-0.4, -0.2) is 41.0 Å². The molecule has 7 nitrogen and oxygen atoms in total. The minimum atomic E-state index is -0.00335. The summed E-state index contributed by atoms with van der Waals surface area (Å²) >= 11 is 6.12. The largest absolute Gasteiger partial charge is 0.495 e. The summed E-state index contributed by atoms with van der Waals surface area (Å²) in [7, 11) is 3.12. The quantitative estimate of drug-likeness (QED) is 0.879. The van der Waals surface area contributed by atoms with Crippen LogP contribution in [0.5, 0.6) is 11.5 Å². The summed E-state index contributed by atoms with van der Waals surface area (Å²) in [6, 6.07) is 3.43. The van der Waals surface area contributed by atoms with Gasteiger partial charge in [0.05, 0.1) is 25.3 Å². The molecule has 1 aromatic heterocycles. The number of halogens is 1. The lowest BCUT2D eigenvalue weighted by Crippen LogP contribution is -2.21. The fourth-order valence-corrected chi connectivity index (χ4v) is 2.27. The topological polar surface area (TPSA) is 74.1 Å². The monoisotopic (exact) mass is 311 g/mol. The molecule has 1 unspecified atom stereocenters. The van der Waals surface area contributed by atoms with Crippen LogP contribution in [0.25, 0.3) is 5.69 Å². The highest BCUT2D eigenvalue weighted by Gasteiger charge is 2.19. The Labute approximate surface area is 128 Å². The maximum absolute atomic E-state index is 6.12. The summed E-state index contributed by atoms with van der Waals surface area (Å²) < 4.78 is 12.2. The van der Waals surface area contributed by atoms with Gasteiger partial charge in [-0.15, -0.1) is 5.10 Å². The average Bonchev–Trinajstić information content (AvgIpc) is 2.96. The van der Waals surface area contributed by atoms with E-state index in [4.69, 9.17) is 21.1 Å². The van der Waals surface area contributed by atoms with Crippen molar-refractivity contribution in [3.63, 3.8) is 0 Å². The van der Waals surface area contributed by atoms with Crippen molar-refractivity contribution in [2.75, 3.05) is 20.8 Å². The number of aromatic nitrogens is 4. The van der Waals surface area contributed by atoms with Crippen LogP contribution in [0, 0.1) is 0 Å². The van der Waals surface area contributed by atoms with Gasteiger partial charge < -0.3 is 14.8 Å². The van der Waals surface area contributed by atoms with E-state index in [1.807, 2.05) is 13.8 Å². The third-order valence-electron chi connectivity index (χ3n) is 3.07. The Bertz CT molecular complexity index is 617. The zero-order valence-corrected chi connectivity index (χ0v) is 13.2. The van der Waals surface area contributed by atoms with E-state index in [2.05, 4.69) is 20.8 Å². The highest BCUT2D eigenvalue weighted by Crippen LogP contribution is 2.35. The lowest BCUT2D eigenvalue weighted by Gasteiger charge is -2.15. The number of hydrogen-bond donors (Lipinski definition) is 1. The van der Waals surface area contributed by atoms with Crippen LogP contribution in [0.3, 0.4) is 0 Å². The molecule has 2 aromatic rings. The molecule has 0 radical (unpaired) electrons. The highest BCUT2D eigenvalue weighted by molar-refractivity contribution is 6.32. The van der Waals surface area contributed by atoms with E-state index in [9.17, 15) is 0 Å². The first-order valence-electron chi connectivity index (χ1n) is 6.55. The van der Waals surface area contributed by atoms with E-state index in [0.29, 0.717) is 28.0 Å². The van der Waals surface area contributed by atoms with Crippen molar-refractivity contribution in [3.8, 4) is 17.2 Å². The molecule has 8 heteroatoms. The summed E-state index contributed by atoms with van der Waals surface area (Å²) in [4.78, 5) is 0. The Morgan fingerprint density at radius 3 is 2.62 bits per heavy atom. The number of nitrogens with zero attached hydrogens (tertiary/aromatic N) is 4. The molecule has 1 N–H and O–H groups in total. The van der Waals surface area contributed by atoms with Crippen LogP contribution >= 0.6 is 11.6 Å². The third-order valence-corrected chi connectivity index (χ3v) is 3.37. The summed E-state index contributed by atoms with van der Waals surface area (Å²) in [5.41, 5.74) is 0.670. The summed E-state index contributed by atoms with van der Waals surface area (Å²) in [5, 5.41) is 15.6.